The lowest BCUT2D eigenvalue weighted by molar-refractivity contribution is -0.127. The average molecular weight is 275 g/mol. The monoisotopic (exact) mass is 275 g/mol. The van der Waals surface area contributed by atoms with Gasteiger partial charge >= 0.3 is 0 Å². The first-order valence-corrected chi connectivity index (χ1v) is 6.87. The van der Waals surface area contributed by atoms with E-state index in [-0.39, 0.29) is 5.88 Å². The summed E-state index contributed by atoms with van der Waals surface area (Å²) in [6, 6.07) is 0. The van der Waals surface area contributed by atoms with Crippen LogP contribution < -0.4 is 4.72 Å². The highest BCUT2D eigenvalue weighted by molar-refractivity contribution is 7.94. The van der Waals surface area contributed by atoms with Gasteiger partial charge in [0.15, 0.2) is 5.25 Å². The van der Waals surface area contributed by atoms with Crippen LogP contribution in [0.4, 0.5) is 5.88 Å². The Morgan fingerprint density at radius 2 is 1.94 bits per heavy atom. The lowest BCUT2D eigenvalue weighted by atomic mass is 10.3. The summed E-state index contributed by atoms with van der Waals surface area (Å²) in [5.41, 5.74) is 1.20. The van der Waals surface area contributed by atoms with E-state index in [0.29, 0.717) is 11.3 Å². The van der Waals surface area contributed by atoms with Gasteiger partial charge in [-0.2, -0.15) is 0 Å². The number of nitrogens with one attached hydrogen (secondary N) is 1. The van der Waals surface area contributed by atoms with E-state index < -0.39 is 21.2 Å². The van der Waals surface area contributed by atoms with Crippen LogP contribution in [-0.4, -0.2) is 43.7 Å². The molecule has 0 saturated carbocycles. The molecule has 102 valence electrons. The van der Waals surface area contributed by atoms with E-state index in [1.165, 1.54) is 25.9 Å². The Bertz CT molecular complexity index is 547. The molecule has 7 nitrogen and oxygen atoms in total. The summed E-state index contributed by atoms with van der Waals surface area (Å²) in [5.74, 6) is -0.456. The zero-order valence-electron chi connectivity index (χ0n) is 11.0. The summed E-state index contributed by atoms with van der Waals surface area (Å²) in [5, 5.41) is 2.45. The Hall–Kier alpha value is -1.57. The molecule has 0 aliphatic rings. The van der Waals surface area contributed by atoms with E-state index in [4.69, 9.17) is 4.52 Å². The van der Waals surface area contributed by atoms with Crippen LogP contribution in [0.3, 0.4) is 0 Å². The first-order chi connectivity index (χ1) is 8.16. The van der Waals surface area contributed by atoms with E-state index >= 15 is 0 Å². The van der Waals surface area contributed by atoms with Gasteiger partial charge in [-0.1, -0.05) is 5.16 Å². The summed E-state index contributed by atoms with van der Waals surface area (Å²) in [6.45, 7) is 4.70. The highest BCUT2D eigenvalue weighted by Gasteiger charge is 2.30. The molecular weight excluding hydrogens is 258 g/mol. The van der Waals surface area contributed by atoms with Crippen molar-refractivity contribution in [3.63, 3.8) is 0 Å². The maximum Gasteiger partial charge on any atom is 0.246 e. The zero-order valence-corrected chi connectivity index (χ0v) is 11.8. The number of sulfonamides is 1. The normalized spacial score (nSPS) is 13.2. The molecule has 1 aromatic rings. The smallest absolute Gasteiger partial charge is 0.246 e. The Morgan fingerprint density at radius 1 is 1.39 bits per heavy atom. The van der Waals surface area contributed by atoms with Gasteiger partial charge in [0.05, 0.1) is 5.69 Å². The minimum absolute atomic E-state index is 0.0471. The number of anilines is 1. The molecule has 0 spiro atoms. The van der Waals surface area contributed by atoms with Gasteiger partial charge < -0.3 is 9.42 Å². The minimum atomic E-state index is -3.84. The molecule has 1 aromatic heterocycles. The van der Waals surface area contributed by atoms with Gasteiger partial charge in [0.1, 0.15) is 0 Å². The van der Waals surface area contributed by atoms with Gasteiger partial charge in [-0.25, -0.2) is 8.42 Å². The van der Waals surface area contributed by atoms with Crippen LogP contribution in [-0.2, 0) is 14.8 Å². The van der Waals surface area contributed by atoms with Crippen molar-refractivity contribution in [1.82, 2.24) is 10.1 Å². The Balaban J connectivity index is 2.96. The molecule has 1 heterocycles. The molecule has 1 unspecified atom stereocenters. The predicted octanol–water partition coefficient (Wildman–Crippen LogP) is 0.510. The third-order valence-corrected chi connectivity index (χ3v) is 4.25. The number of amides is 1. The molecule has 0 saturated heterocycles. The quantitative estimate of drug-likeness (QED) is 0.864. The van der Waals surface area contributed by atoms with Gasteiger partial charge in [-0.15, -0.1) is 0 Å². The second-order valence-electron chi connectivity index (χ2n) is 4.24. The van der Waals surface area contributed by atoms with Crippen LogP contribution in [0.15, 0.2) is 4.52 Å². The molecule has 0 fully saturated rings. The maximum atomic E-state index is 12.0. The first-order valence-electron chi connectivity index (χ1n) is 5.32. The van der Waals surface area contributed by atoms with Crippen molar-refractivity contribution in [3.05, 3.63) is 11.3 Å². The van der Waals surface area contributed by atoms with Gasteiger partial charge in [0, 0.05) is 19.7 Å². The fraction of sp³-hybridized carbons (Fsp3) is 0.600. The standard InChI is InChI=1S/C10H17N3O4S/c1-6-7(2)11-17-9(6)12-18(15,16)8(3)10(14)13(4)5/h8,12H,1-5H3. The van der Waals surface area contributed by atoms with E-state index in [1.807, 2.05) is 0 Å². The van der Waals surface area contributed by atoms with E-state index in [1.54, 1.807) is 13.8 Å². The zero-order chi connectivity index (χ0) is 14.1. The Labute approximate surface area is 106 Å². The van der Waals surface area contributed by atoms with Crippen molar-refractivity contribution < 1.29 is 17.7 Å². The second-order valence-corrected chi connectivity index (χ2v) is 6.25. The number of rotatable bonds is 4. The number of aryl methyl sites for hydroxylation is 1. The third kappa shape index (κ3) is 2.81. The summed E-state index contributed by atoms with van der Waals surface area (Å²) in [7, 11) is -0.845. The molecule has 18 heavy (non-hydrogen) atoms. The summed E-state index contributed by atoms with van der Waals surface area (Å²) >= 11 is 0. The number of hydrogen-bond acceptors (Lipinski definition) is 5. The molecule has 1 N–H and O–H groups in total. The minimum Gasteiger partial charge on any atom is -0.348 e. The topological polar surface area (TPSA) is 92.5 Å². The molecule has 0 radical (unpaired) electrons. The molecule has 0 aliphatic heterocycles. The fourth-order valence-electron chi connectivity index (χ4n) is 1.22. The average Bonchev–Trinajstić information content (AvgIpc) is 2.58. The molecule has 1 amide bonds. The summed E-state index contributed by atoms with van der Waals surface area (Å²) < 4.78 is 31.0. The van der Waals surface area contributed by atoms with Crippen molar-refractivity contribution >= 4 is 21.8 Å². The van der Waals surface area contributed by atoms with Crippen molar-refractivity contribution in [1.29, 1.82) is 0 Å². The molecular formula is C10H17N3O4S. The molecule has 8 heteroatoms. The number of nitrogens with zero attached hydrogens (tertiary/aromatic N) is 2. The van der Waals surface area contributed by atoms with Crippen molar-refractivity contribution in [3.8, 4) is 0 Å². The van der Waals surface area contributed by atoms with Crippen LogP contribution in [0.5, 0.6) is 0 Å². The lowest BCUT2D eigenvalue weighted by Crippen LogP contribution is -2.39. The third-order valence-electron chi connectivity index (χ3n) is 2.65. The fourth-order valence-corrected chi connectivity index (χ4v) is 2.33. The predicted molar refractivity (Wildman–Crippen MR) is 66.7 cm³/mol. The van der Waals surface area contributed by atoms with Crippen LogP contribution in [0, 0.1) is 13.8 Å². The Kier molecular flexibility index (Phi) is 4.00. The first kappa shape index (κ1) is 14.5. The molecule has 1 atom stereocenters. The van der Waals surface area contributed by atoms with Crippen LogP contribution in [0.2, 0.25) is 0 Å². The summed E-state index contributed by atoms with van der Waals surface area (Å²) in [6.07, 6.45) is 0. The largest absolute Gasteiger partial charge is 0.348 e. The van der Waals surface area contributed by atoms with Crippen LogP contribution in [0.25, 0.3) is 0 Å². The van der Waals surface area contributed by atoms with E-state index in [0.717, 1.165) is 0 Å². The molecule has 0 aliphatic carbocycles. The second kappa shape index (κ2) is 4.97. The number of carbonyl (C=O) groups is 1. The highest BCUT2D eigenvalue weighted by Crippen LogP contribution is 2.20. The molecule has 0 aromatic carbocycles. The van der Waals surface area contributed by atoms with Crippen molar-refractivity contribution in [2.24, 2.45) is 0 Å². The number of aromatic nitrogens is 1. The highest BCUT2D eigenvalue weighted by atomic mass is 32.2. The van der Waals surface area contributed by atoms with Crippen LogP contribution >= 0.6 is 0 Å². The lowest BCUT2D eigenvalue weighted by Gasteiger charge is -2.17. The molecule has 0 bridgehead atoms. The number of hydrogen-bond donors (Lipinski definition) is 1. The Morgan fingerprint density at radius 3 is 2.33 bits per heavy atom. The van der Waals surface area contributed by atoms with Gasteiger partial charge in [-0.3, -0.25) is 9.52 Å². The van der Waals surface area contributed by atoms with Gasteiger partial charge in [0.25, 0.3) is 0 Å². The maximum absolute atomic E-state index is 12.0. The summed E-state index contributed by atoms with van der Waals surface area (Å²) in [4.78, 5) is 12.9. The van der Waals surface area contributed by atoms with E-state index in [2.05, 4.69) is 9.88 Å². The van der Waals surface area contributed by atoms with Gasteiger partial charge in [-0.05, 0) is 20.8 Å². The van der Waals surface area contributed by atoms with Crippen molar-refractivity contribution in [2.75, 3.05) is 18.8 Å². The van der Waals surface area contributed by atoms with Crippen molar-refractivity contribution in [2.45, 2.75) is 26.0 Å². The van der Waals surface area contributed by atoms with E-state index in [9.17, 15) is 13.2 Å². The SMILES string of the molecule is Cc1noc(NS(=O)(=O)C(C)C(=O)N(C)C)c1C. The molecule has 1 rings (SSSR count). The number of carbonyl (C=O) groups excluding carboxylic acids is 1. The van der Waals surface area contributed by atoms with Crippen LogP contribution in [0.1, 0.15) is 18.2 Å². The van der Waals surface area contributed by atoms with Gasteiger partial charge in [0.2, 0.25) is 21.8 Å².